The maximum Gasteiger partial charge on any atom is 0.271 e. The molecular weight excluding hydrogens is 247 g/mol. The van der Waals surface area contributed by atoms with Gasteiger partial charge in [0.05, 0.1) is 10.6 Å². The van der Waals surface area contributed by atoms with Crippen LogP contribution in [0.3, 0.4) is 0 Å². The number of hydrogen-bond acceptors (Lipinski definition) is 3. The summed E-state index contributed by atoms with van der Waals surface area (Å²) in [6, 6.07) is 3.58. The molecule has 2 aliphatic carbocycles. The third-order valence-electron chi connectivity index (χ3n) is 4.13. The number of fused-ring (bicyclic) bond motifs is 2. The summed E-state index contributed by atoms with van der Waals surface area (Å²) in [5, 5.41) is 13.7. The van der Waals surface area contributed by atoms with E-state index in [-0.39, 0.29) is 11.4 Å². The van der Waals surface area contributed by atoms with Crippen LogP contribution < -0.4 is 5.32 Å². The highest BCUT2D eigenvalue weighted by atomic mass is 19.1. The Labute approximate surface area is 110 Å². The zero-order chi connectivity index (χ0) is 13.4. The van der Waals surface area contributed by atoms with Crippen molar-refractivity contribution >= 4 is 11.4 Å². The van der Waals surface area contributed by atoms with E-state index in [9.17, 15) is 14.5 Å². The number of anilines is 1. The van der Waals surface area contributed by atoms with Gasteiger partial charge in [0.15, 0.2) is 0 Å². The summed E-state index contributed by atoms with van der Waals surface area (Å²) in [5.41, 5.74) is 0.137. The van der Waals surface area contributed by atoms with Crippen LogP contribution in [0.15, 0.2) is 30.4 Å². The Morgan fingerprint density at radius 3 is 2.84 bits per heavy atom. The Morgan fingerprint density at radius 1 is 1.37 bits per heavy atom. The van der Waals surface area contributed by atoms with Gasteiger partial charge in [-0.25, -0.2) is 4.39 Å². The Kier molecular flexibility index (Phi) is 2.97. The maximum absolute atomic E-state index is 13.6. The summed E-state index contributed by atoms with van der Waals surface area (Å²) in [6.07, 6.45) is 6.83. The lowest BCUT2D eigenvalue weighted by Crippen LogP contribution is -2.18. The number of nitrogens with one attached hydrogen (secondary N) is 1. The number of hydrogen-bond donors (Lipinski definition) is 1. The highest BCUT2D eigenvalue weighted by molar-refractivity contribution is 5.52. The van der Waals surface area contributed by atoms with Gasteiger partial charge in [-0.3, -0.25) is 10.1 Å². The van der Waals surface area contributed by atoms with Gasteiger partial charge in [-0.2, -0.15) is 0 Å². The Bertz CT molecular complexity index is 544. The Morgan fingerprint density at radius 2 is 2.21 bits per heavy atom. The summed E-state index contributed by atoms with van der Waals surface area (Å²) in [5.74, 6) is 1.32. The van der Waals surface area contributed by atoms with E-state index in [2.05, 4.69) is 17.5 Å². The van der Waals surface area contributed by atoms with Crippen LogP contribution in [0.25, 0.3) is 0 Å². The van der Waals surface area contributed by atoms with Crippen molar-refractivity contribution in [1.82, 2.24) is 0 Å². The lowest BCUT2D eigenvalue weighted by molar-refractivity contribution is -0.384. The molecule has 0 aromatic heterocycles. The normalized spacial score (nSPS) is 27.7. The molecule has 0 heterocycles. The van der Waals surface area contributed by atoms with E-state index in [1.807, 2.05) is 0 Å². The molecule has 0 spiro atoms. The van der Waals surface area contributed by atoms with Crippen LogP contribution in [0.2, 0.25) is 0 Å². The van der Waals surface area contributed by atoms with Gasteiger partial charge in [0.25, 0.3) is 5.69 Å². The predicted molar refractivity (Wildman–Crippen MR) is 70.4 cm³/mol. The van der Waals surface area contributed by atoms with Crippen molar-refractivity contribution in [3.05, 3.63) is 46.3 Å². The van der Waals surface area contributed by atoms with E-state index in [1.54, 1.807) is 0 Å². The molecule has 1 aromatic rings. The highest BCUT2D eigenvalue weighted by Gasteiger charge is 2.35. The first-order chi connectivity index (χ1) is 9.13. The van der Waals surface area contributed by atoms with Gasteiger partial charge in [-0.15, -0.1) is 0 Å². The fourth-order valence-corrected chi connectivity index (χ4v) is 3.13. The number of allylic oxidation sites excluding steroid dienone is 2. The number of rotatable bonds is 4. The minimum Gasteiger partial charge on any atom is -0.382 e. The summed E-state index contributed by atoms with van der Waals surface area (Å²) in [6.45, 7) is 0.670. The minimum atomic E-state index is -0.509. The number of nitro benzene ring substituents is 1. The molecule has 2 aliphatic rings. The minimum absolute atomic E-state index is 0.0864. The molecule has 1 N–H and O–H groups in total. The molecule has 1 aromatic carbocycles. The number of nitro groups is 1. The van der Waals surface area contributed by atoms with Crippen LogP contribution in [-0.2, 0) is 0 Å². The Hall–Kier alpha value is -1.91. The third kappa shape index (κ3) is 2.32. The van der Waals surface area contributed by atoms with Gasteiger partial charge < -0.3 is 5.32 Å². The first-order valence-electron chi connectivity index (χ1n) is 6.49. The fraction of sp³-hybridized carbons (Fsp3) is 0.429. The van der Waals surface area contributed by atoms with E-state index in [0.29, 0.717) is 24.3 Å². The zero-order valence-electron chi connectivity index (χ0n) is 10.4. The molecule has 0 aliphatic heterocycles. The topological polar surface area (TPSA) is 55.2 Å². The van der Waals surface area contributed by atoms with Crippen LogP contribution in [0.4, 0.5) is 15.8 Å². The molecule has 0 amide bonds. The van der Waals surface area contributed by atoms with Crippen molar-refractivity contribution in [2.75, 3.05) is 11.9 Å². The van der Waals surface area contributed by atoms with Crippen molar-refractivity contribution < 1.29 is 9.31 Å². The number of benzene rings is 1. The van der Waals surface area contributed by atoms with Gasteiger partial charge >= 0.3 is 0 Å². The zero-order valence-corrected chi connectivity index (χ0v) is 10.4. The predicted octanol–water partition coefficient (Wildman–Crippen LogP) is 3.36. The molecule has 3 rings (SSSR count). The summed E-state index contributed by atoms with van der Waals surface area (Å²) >= 11 is 0. The summed E-state index contributed by atoms with van der Waals surface area (Å²) < 4.78 is 13.6. The highest BCUT2D eigenvalue weighted by Crippen LogP contribution is 2.43. The first kappa shape index (κ1) is 12.1. The van der Waals surface area contributed by atoms with E-state index in [0.717, 1.165) is 12.5 Å². The number of non-ortho nitro benzene ring substituents is 1. The van der Waals surface area contributed by atoms with Crippen LogP contribution >= 0.6 is 0 Å². The molecule has 4 nitrogen and oxygen atoms in total. The van der Waals surface area contributed by atoms with Crippen LogP contribution in [0.1, 0.15) is 12.8 Å². The summed E-state index contributed by atoms with van der Waals surface area (Å²) in [7, 11) is 0. The molecule has 3 atom stereocenters. The van der Waals surface area contributed by atoms with Gasteiger partial charge in [0.2, 0.25) is 0 Å². The largest absolute Gasteiger partial charge is 0.382 e. The number of halogens is 1. The second-order valence-corrected chi connectivity index (χ2v) is 5.34. The maximum atomic E-state index is 13.6. The first-order valence-corrected chi connectivity index (χ1v) is 6.49. The van der Waals surface area contributed by atoms with Crippen LogP contribution in [-0.4, -0.2) is 11.5 Å². The smallest absolute Gasteiger partial charge is 0.271 e. The van der Waals surface area contributed by atoms with E-state index >= 15 is 0 Å². The molecule has 5 heteroatoms. The average Bonchev–Trinajstić information content (AvgIpc) is 2.99. The SMILES string of the molecule is O=[N+]([O-])c1ccc(F)c(NCC2CC3C=CC2C3)c1. The molecule has 2 bridgehead atoms. The second-order valence-electron chi connectivity index (χ2n) is 5.34. The van der Waals surface area contributed by atoms with Crippen LogP contribution in [0.5, 0.6) is 0 Å². The van der Waals surface area contributed by atoms with Crippen molar-refractivity contribution in [1.29, 1.82) is 0 Å². The standard InChI is InChI=1S/C14H15FN2O2/c15-13-4-3-12(17(18)19)7-14(13)16-8-11-6-9-1-2-10(11)5-9/h1-4,7,9-11,16H,5-6,8H2. The van der Waals surface area contributed by atoms with Gasteiger partial charge in [-0.05, 0) is 36.7 Å². The third-order valence-corrected chi connectivity index (χ3v) is 4.13. The van der Waals surface area contributed by atoms with Crippen LogP contribution in [0, 0.1) is 33.7 Å². The van der Waals surface area contributed by atoms with E-state index < -0.39 is 10.7 Å². The van der Waals surface area contributed by atoms with Gasteiger partial charge in [-0.1, -0.05) is 12.2 Å². The average molecular weight is 262 g/mol. The van der Waals surface area contributed by atoms with Crippen molar-refractivity contribution in [3.63, 3.8) is 0 Å². The molecule has 1 saturated carbocycles. The van der Waals surface area contributed by atoms with Crippen molar-refractivity contribution in [2.45, 2.75) is 12.8 Å². The number of nitrogens with zero attached hydrogens (tertiary/aromatic N) is 1. The molecule has 19 heavy (non-hydrogen) atoms. The molecule has 1 fully saturated rings. The molecule has 0 radical (unpaired) electrons. The van der Waals surface area contributed by atoms with Gasteiger partial charge in [0.1, 0.15) is 5.82 Å². The molecule has 0 saturated heterocycles. The van der Waals surface area contributed by atoms with E-state index in [4.69, 9.17) is 0 Å². The molecule has 100 valence electrons. The molecule has 3 unspecified atom stereocenters. The van der Waals surface area contributed by atoms with Gasteiger partial charge in [0, 0.05) is 18.7 Å². The second kappa shape index (κ2) is 4.64. The lowest BCUT2D eigenvalue weighted by atomic mass is 9.93. The fourth-order valence-electron chi connectivity index (χ4n) is 3.13. The van der Waals surface area contributed by atoms with Crippen molar-refractivity contribution in [2.24, 2.45) is 17.8 Å². The quantitative estimate of drug-likeness (QED) is 0.514. The lowest BCUT2D eigenvalue weighted by Gasteiger charge is -2.19. The monoisotopic (exact) mass is 262 g/mol. The Balaban J connectivity index is 1.68. The summed E-state index contributed by atoms with van der Waals surface area (Å²) in [4.78, 5) is 10.2. The van der Waals surface area contributed by atoms with Crippen molar-refractivity contribution in [3.8, 4) is 0 Å². The molecular formula is C14H15FN2O2. The van der Waals surface area contributed by atoms with E-state index in [1.165, 1.54) is 18.6 Å².